The number of nitrogens with zero attached hydrogens (tertiary/aromatic N) is 1. The van der Waals surface area contributed by atoms with Crippen molar-refractivity contribution in [3.8, 4) is 5.75 Å². The van der Waals surface area contributed by atoms with Gasteiger partial charge in [0.05, 0.1) is 6.21 Å². The highest BCUT2D eigenvalue weighted by Gasteiger charge is 2.11. The van der Waals surface area contributed by atoms with Gasteiger partial charge in [-0.25, -0.2) is 5.43 Å². The second kappa shape index (κ2) is 11.6. The van der Waals surface area contributed by atoms with Gasteiger partial charge in [0.2, 0.25) is 0 Å². The Morgan fingerprint density at radius 3 is 2.67 bits per heavy atom. The summed E-state index contributed by atoms with van der Waals surface area (Å²) < 4.78 is 5.50. The summed E-state index contributed by atoms with van der Waals surface area (Å²) in [5.74, 6) is -1.47. The molecule has 0 aliphatic carbocycles. The third-order valence-electron chi connectivity index (χ3n) is 3.89. The molecule has 0 aliphatic heterocycles. The quantitative estimate of drug-likeness (QED) is 0.340. The number of benzene rings is 2. The Morgan fingerprint density at radius 2 is 1.90 bits per heavy atom. The first-order valence-electron chi connectivity index (χ1n) is 9.29. The van der Waals surface area contributed by atoms with E-state index in [1.807, 2.05) is 13.8 Å². The molecule has 0 heterocycles. The van der Waals surface area contributed by atoms with Crippen LogP contribution < -0.4 is 20.8 Å². The number of hydrazone groups is 1. The van der Waals surface area contributed by atoms with Crippen molar-refractivity contribution in [1.82, 2.24) is 10.7 Å². The van der Waals surface area contributed by atoms with E-state index in [1.54, 1.807) is 42.5 Å². The topological polar surface area (TPSA) is 109 Å². The number of ether oxygens (including phenoxy) is 1. The number of halogens is 1. The fourth-order valence-electron chi connectivity index (χ4n) is 2.30. The SMILES string of the molecule is CCCNC(=O)C(=O)N/N=C\c1cccc(OCC(=O)Nc2cccc(Cl)c2C)c1. The molecule has 0 aliphatic rings. The maximum absolute atomic E-state index is 12.1. The van der Waals surface area contributed by atoms with Gasteiger partial charge in [0, 0.05) is 17.3 Å². The Morgan fingerprint density at radius 1 is 1.13 bits per heavy atom. The number of anilines is 1. The molecule has 3 N–H and O–H groups in total. The summed E-state index contributed by atoms with van der Waals surface area (Å²) in [5.41, 5.74) is 4.16. The monoisotopic (exact) mass is 430 g/mol. The third-order valence-corrected chi connectivity index (χ3v) is 4.30. The van der Waals surface area contributed by atoms with E-state index < -0.39 is 11.8 Å². The fraction of sp³-hybridized carbons (Fsp3) is 0.238. The number of hydrogen-bond acceptors (Lipinski definition) is 5. The molecule has 2 aromatic carbocycles. The molecule has 0 radical (unpaired) electrons. The molecular formula is C21H23ClN4O4. The van der Waals surface area contributed by atoms with Crippen LogP contribution in [0.1, 0.15) is 24.5 Å². The molecule has 0 spiro atoms. The Kier molecular flexibility index (Phi) is 8.83. The van der Waals surface area contributed by atoms with Crippen LogP contribution >= 0.6 is 11.6 Å². The standard InChI is InChI=1S/C21H23ClN4O4/c1-3-10-23-20(28)21(29)26-24-12-15-6-4-7-16(11-15)30-13-19(27)25-18-9-5-8-17(22)14(18)2/h4-9,11-12H,3,10,13H2,1-2H3,(H,23,28)(H,25,27)(H,26,29)/b24-12-. The molecule has 0 unspecified atom stereocenters. The van der Waals surface area contributed by atoms with Gasteiger partial charge in [-0.15, -0.1) is 0 Å². The van der Waals surface area contributed by atoms with Gasteiger partial charge < -0.3 is 15.4 Å². The van der Waals surface area contributed by atoms with Crippen LogP contribution in [0.5, 0.6) is 5.75 Å². The van der Waals surface area contributed by atoms with E-state index in [9.17, 15) is 14.4 Å². The average molecular weight is 431 g/mol. The molecule has 0 fully saturated rings. The van der Waals surface area contributed by atoms with Crippen LogP contribution in [0.2, 0.25) is 5.02 Å². The Bertz CT molecular complexity index is 946. The van der Waals surface area contributed by atoms with Crippen LogP contribution in [0.4, 0.5) is 5.69 Å². The number of rotatable bonds is 8. The molecule has 8 nitrogen and oxygen atoms in total. The van der Waals surface area contributed by atoms with Gasteiger partial charge in [-0.3, -0.25) is 14.4 Å². The molecule has 0 aromatic heterocycles. The Labute approximate surface area is 179 Å². The van der Waals surface area contributed by atoms with E-state index in [2.05, 4.69) is 21.2 Å². The van der Waals surface area contributed by atoms with Gasteiger partial charge >= 0.3 is 11.8 Å². The third kappa shape index (κ3) is 7.21. The zero-order chi connectivity index (χ0) is 21.9. The van der Waals surface area contributed by atoms with Gasteiger partial charge in [-0.2, -0.15) is 5.10 Å². The van der Waals surface area contributed by atoms with Crippen molar-refractivity contribution in [1.29, 1.82) is 0 Å². The number of nitrogens with one attached hydrogen (secondary N) is 3. The number of hydrogen-bond donors (Lipinski definition) is 3. The maximum Gasteiger partial charge on any atom is 0.329 e. The summed E-state index contributed by atoms with van der Waals surface area (Å²) in [6.07, 6.45) is 2.10. The summed E-state index contributed by atoms with van der Waals surface area (Å²) >= 11 is 6.05. The highest BCUT2D eigenvalue weighted by molar-refractivity contribution is 6.35. The van der Waals surface area contributed by atoms with Crippen LogP contribution in [0, 0.1) is 6.92 Å². The molecule has 9 heteroatoms. The minimum absolute atomic E-state index is 0.194. The second-order valence-corrected chi connectivity index (χ2v) is 6.68. The van der Waals surface area contributed by atoms with E-state index in [4.69, 9.17) is 16.3 Å². The van der Waals surface area contributed by atoms with Crippen LogP contribution in [-0.2, 0) is 14.4 Å². The number of carbonyl (C=O) groups excluding carboxylic acids is 3. The van der Waals surface area contributed by atoms with Gasteiger partial charge in [0.25, 0.3) is 5.91 Å². The molecule has 0 saturated heterocycles. The summed E-state index contributed by atoms with van der Waals surface area (Å²) in [6, 6.07) is 12.0. The summed E-state index contributed by atoms with van der Waals surface area (Å²) in [6.45, 7) is 3.92. The van der Waals surface area contributed by atoms with Gasteiger partial charge in [-0.1, -0.05) is 36.7 Å². The lowest BCUT2D eigenvalue weighted by Gasteiger charge is -2.10. The summed E-state index contributed by atoms with van der Waals surface area (Å²) in [7, 11) is 0. The summed E-state index contributed by atoms with van der Waals surface area (Å²) in [4.78, 5) is 35.1. The molecule has 2 rings (SSSR count). The first kappa shape index (κ1) is 22.9. The fourth-order valence-corrected chi connectivity index (χ4v) is 2.47. The van der Waals surface area contributed by atoms with Crippen LogP contribution in [-0.4, -0.2) is 37.1 Å². The Hall–Kier alpha value is -3.39. The van der Waals surface area contributed by atoms with E-state index in [1.165, 1.54) is 6.21 Å². The zero-order valence-electron chi connectivity index (χ0n) is 16.7. The molecule has 0 saturated carbocycles. The lowest BCUT2D eigenvalue weighted by atomic mass is 10.2. The molecule has 0 bridgehead atoms. The van der Waals surface area contributed by atoms with Gasteiger partial charge in [-0.05, 0) is 48.7 Å². The normalized spacial score (nSPS) is 10.5. The number of amides is 3. The zero-order valence-corrected chi connectivity index (χ0v) is 17.5. The van der Waals surface area contributed by atoms with Crippen LogP contribution in [0.25, 0.3) is 0 Å². The van der Waals surface area contributed by atoms with E-state index in [-0.39, 0.29) is 12.5 Å². The highest BCUT2D eigenvalue weighted by atomic mass is 35.5. The van der Waals surface area contributed by atoms with Crippen molar-refractivity contribution in [2.75, 3.05) is 18.5 Å². The number of carbonyl (C=O) groups is 3. The van der Waals surface area contributed by atoms with Crippen molar-refractivity contribution in [3.63, 3.8) is 0 Å². The molecule has 3 amide bonds. The molecule has 2 aromatic rings. The van der Waals surface area contributed by atoms with Crippen molar-refractivity contribution in [2.45, 2.75) is 20.3 Å². The molecular weight excluding hydrogens is 408 g/mol. The molecule has 158 valence electrons. The summed E-state index contributed by atoms with van der Waals surface area (Å²) in [5, 5.41) is 9.51. The highest BCUT2D eigenvalue weighted by Crippen LogP contribution is 2.22. The lowest BCUT2D eigenvalue weighted by Crippen LogP contribution is -2.38. The van der Waals surface area contributed by atoms with E-state index >= 15 is 0 Å². The molecule has 0 atom stereocenters. The van der Waals surface area contributed by atoms with Crippen molar-refractivity contribution in [3.05, 3.63) is 58.6 Å². The lowest BCUT2D eigenvalue weighted by molar-refractivity contribution is -0.139. The Balaban J connectivity index is 1.86. The molecule has 30 heavy (non-hydrogen) atoms. The second-order valence-electron chi connectivity index (χ2n) is 6.28. The minimum atomic E-state index is -0.847. The first-order valence-corrected chi connectivity index (χ1v) is 9.67. The minimum Gasteiger partial charge on any atom is -0.484 e. The van der Waals surface area contributed by atoms with Crippen molar-refractivity contribution in [2.24, 2.45) is 5.10 Å². The predicted octanol–water partition coefficient (Wildman–Crippen LogP) is 2.64. The average Bonchev–Trinajstić information content (AvgIpc) is 2.74. The van der Waals surface area contributed by atoms with E-state index in [0.29, 0.717) is 28.6 Å². The largest absolute Gasteiger partial charge is 0.484 e. The van der Waals surface area contributed by atoms with Gasteiger partial charge in [0.1, 0.15) is 5.75 Å². The van der Waals surface area contributed by atoms with Crippen LogP contribution in [0.15, 0.2) is 47.6 Å². The van der Waals surface area contributed by atoms with E-state index in [0.717, 1.165) is 12.0 Å². The smallest absolute Gasteiger partial charge is 0.329 e. The predicted molar refractivity (Wildman–Crippen MR) is 116 cm³/mol. The van der Waals surface area contributed by atoms with Crippen molar-refractivity contribution >= 4 is 41.2 Å². The van der Waals surface area contributed by atoms with Crippen molar-refractivity contribution < 1.29 is 19.1 Å². The van der Waals surface area contributed by atoms with Crippen LogP contribution in [0.3, 0.4) is 0 Å². The van der Waals surface area contributed by atoms with Gasteiger partial charge in [0.15, 0.2) is 6.61 Å². The maximum atomic E-state index is 12.1. The first-order chi connectivity index (χ1) is 14.4.